The van der Waals surface area contributed by atoms with E-state index >= 15 is 0 Å². The second-order valence-corrected chi connectivity index (χ2v) is 12.2. The number of methoxy groups -OCH3 is 1. The number of hydrogen-bond acceptors (Lipinski definition) is 8. The van der Waals surface area contributed by atoms with Crippen LogP contribution in [0.3, 0.4) is 0 Å². The highest BCUT2D eigenvalue weighted by atomic mass is 35.5. The fourth-order valence-corrected chi connectivity index (χ4v) is 5.87. The smallest absolute Gasteiger partial charge is 0.323 e. The molecule has 2 aliphatic heterocycles. The molecule has 1 spiro atoms. The summed E-state index contributed by atoms with van der Waals surface area (Å²) in [6.07, 6.45) is 4.36. The first-order chi connectivity index (χ1) is 24.7. The Bertz CT molecular complexity index is 1790. The minimum Gasteiger partial charge on any atom is -0.493 e. The van der Waals surface area contributed by atoms with Gasteiger partial charge in [0.15, 0.2) is 11.5 Å². The Kier molecular flexibility index (Phi) is 14.2. The van der Waals surface area contributed by atoms with E-state index in [9.17, 15) is 14.0 Å². The lowest BCUT2D eigenvalue weighted by Crippen LogP contribution is -2.52. The normalized spacial score (nSPS) is 14.2. The number of rotatable bonds is 10. The van der Waals surface area contributed by atoms with Crippen LogP contribution in [0.15, 0.2) is 54.9 Å². The molecule has 274 valence electrons. The van der Waals surface area contributed by atoms with Gasteiger partial charge in [-0.15, -0.1) is 0 Å². The lowest BCUT2D eigenvalue weighted by Gasteiger charge is -2.47. The summed E-state index contributed by atoms with van der Waals surface area (Å²) in [4.78, 5) is 35.8. The van der Waals surface area contributed by atoms with Crippen LogP contribution in [0.5, 0.6) is 23.1 Å². The van der Waals surface area contributed by atoms with Crippen molar-refractivity contribution in [3.63, 3.8) is 0 Å². The summed E-state index contributed by atoms with van der Waals surface area (Å²) in [5.41, 5.74) is 2.01. The van der Waals surface area contributed by atoms with Crippen molar-refractivity contribution in [3.05, 3.63) is 71.3 Å². The molecule has 0 saturated carbocycles. The molecule has 13 heteroatoms. The Balaban J connectivity index is 0.00000141. The molecule has 3 heterocycles. The highest BCUT2D eigenvalue weighted by Gasteiger charge is 2.41. The van der Waals surface area contributed by atoms with Crippen molar-refractivity contribution >= 4 is 45.8 Å². The number of aryl methyl sites for hydroxylation is 1. The van der Waals surface area contributed by atoms with Crippen LogP contribution in [-0.4, -0.2) is 66.8 Å². The molecule has 2 fully saturated rings. The minimum absolute atomic E-state index is 0.0547. The first-order valence-electron chi connectivity index (χ1n) is 17.3. The van der Waals surface area contributed by atoms with Crippen LogP contribution >= 0.6 is 11.6 Å². The number of nitrogens with one attached hydrogen (secondary N) is 2. The molecule has 2 saturated heterocycles. The lowest BCUT2D eigenvalue weighted by atomic mass is 9.77. The van der Waals surface area contributed by atoms with E-state index in [2.05, 4.69) is 20.6 Å². The topological polar surface area (TPSA) is 124 Å². The van der Waals surface area contributed by atoms with Crippen molar-refractivity contribution in [1.29, 1.82) is 0 Å². The Hall–Kier alpha value is -4.68. The van der Waals surface area contributed by atoms with Gasteiger partial charge in [0.1, 0.15) is 17.9 Å². The molecule has 0 atom stereocenters. The van der Waals surface area contributed by atoms with E-state index in [1.165, 1.54) is 31.6 Å². The molecule has 0 unspecified atom stereocenters. The van der Waals surface area contributed by atoms with Gasteiger partial charge in [0.25, 0.3) is 0 Å². The zero-order chi connectivity index (χ0) is 37.0. The van der Waals surface area contributed by atoms with Gasteiger partial charge in [-0.3, -0.25) is 4.79 Å². The standard InChI is InChI=1S/C34H35ClFN5O6.2C2H6/c1-21-5-7-25(36)28(14-21)40-33(43)39-26-8-6-22(15-24(26)35)47-32-23-16-29(44-2)30(17-27(23)37-20-38-32)46-13-3-4-31(42)41-11-9-34(10-12-41)18-45-19-34;2*1-2/h5-8,14-17,20H,3-4,9-13,18-19H2,1-2H3,(H2,39,40,43);2*1-2H3. The zero-order valence-electron chi connectivity index (χ0n) is 30.1. The number of fused-ring (bicyclic) bond motifs is 1. The van der Waals surface area contributed by atoms with Gasteiger partial charge in [-0.1, -0.05) is 45.4 Å². The third-order valence-corrected chi connectivity index (χ3v) is 8.76. The number of piperidine rings is 1. The summed E-state index contributed by atoms with van der Waals surface area (Å²) in [7, 11) is 1.53. The van der Waals surface area contributed by atoms with Crippen LogP contribution in [0.1, 0.15) is 58.9 Å². The highest BCUT2D eigenvalue weighted by Crippen LogP contribution is 2.39. The average Bonchev–Trinajstić information content (AvgIpc) is 3.13. The number of ether oxygens (including phenoxy) is 4. The molecule has 11 nitrogen and oxygen atoms in total. The van der Waals surface area contributed by atoms with Crippen molar-refractivity contribution in [2.24, 2.45) is 5.41 Å². The van der Waals surface area contributed by atoms with Gasteiger partial charge in [0.2, 0.25) is 11.8 Å². The van der Waals surface area contributed by atoms with E-state index in [0.717, 1.165) is 44.7 Å². The minimum atomic E-state index is -0.650. The van der Waals surface area contributed by atoms with Crippen molar-refractivity contribution in [2.75, 3.05) is 50.7 Å². The molecule has 1 aromatic heterocycles. The van der Waals surface area contributed by atoms with Crippen molar-refractivity contribution in [3.8, 4) is 23.1 Å². The molecule has 4 aromatic rings. The van der Waals surface area contributed by atoms with Crippen LogP contribution < -0.4 is 24.8 Å². The summed E-state index contributed by atoms with van der Waals surface area (Å²) < 4.78 is 37.1. The Morgan fingerprint density at radius 3 is 2.35 bits per heavy atom. The van der Waals surface area contributed by atoms with E-state index in [-0.39, 0.29) is 22.5 Å². The Labute approximate surface area is 303 Å². The number of carbonyl (C=O) groups excluding carboxylic acids is 2. The van der Waals surface area contributed by atoms with E-state index in [0.29, 0.717) is 58.7 Å². The first-order valence-corrected chi connectivity index (χ1v) is 17.7. The molecule has 0 aliphatic carbocycles. The molecular weight excluding hydrogens is 677 g/mol. The molecule has 6 rings (SSSR count). The molecule has 0 radical (unpaired) electrons. The first kappa shape index (κ1) is 39.1. The molecule has 0 bridgehead atoms. The maximum atomic E-state index is 14.0. The SMILES string of the molecule is CC.CC.COc1cc2c(Oc3ccc(NC(=O)Nc4cc(C)ccc4F)c(Cl)c3)ncnc2cc1OCCCC(=O)N1CCC2(CC1)COC2. The van der Waals surface area contributed by atoms with Crippen molar-refractivity contribution < 1.29 is 32.9 Å². The maximum Gasteiger partial charge on any atom is 0.323 e. The fraction of sp³-hybridized carbons (Fsp3) is 0.421. The third kappa shape index (κ3) is 9.98. The van der Waals surface area contributed by atoms with Crippen LogP contribution in [0.25, 0.3) is 10.9 Å². The van der Waals surface area contributed by atoms with Gasteiger partial charge in [-0.05, 0) is 62.1 Å². The van der Waals surface area contributed by atoms with Gasteiger partial charge in [0.05, 0.1) is 54.2 Å². The van der Waals surface area contributed by atoms with E-state index in [1.807, 2.05) is 32.6 Å². The summed E-state index contributed by atoms with van der Waals surface area (Å²) in [6.45, 7) is 13.3. The molecule has 2 aliphatic rings. The Morgan fingerprint density at radius 1 is 0.961 bits per heavy atom. The average molecular weight is 724 g/mol. The number of likely N-dealkylation sites (tertiary alicyclic amines) is 1. The quantitative estimate of drug-likeness (QED) is 0.155. The van der Waals surface area contributed by atoms with Crippen LogP contribution in [0.2, 0.25) is 5.02 Å². The predicted molar refractivity (Wildman–Crippen MR) is 198 cm³/mol. The number of carbonyl (C=O) groups is 2. The van der Waals surface area contributed by atoms with Gasteiger partial charge in [-0.2, -0.15) is 0 Å². The van der Waals surface area contributed by atoms with Gasteiger partial charge in [0, 0.05) is 37.1 Å². The number of anilines is 2. The molecule has 51 heavy (non-hydrogen) atoms. The number of nitrogens with zero attached hydrogens (tertiary/aromatic N) is 3. The monoisotopic (exact) mass is 723 g/mol. The van der Waals surface area contributed by atoms with Crippen molar-refractivity contribution in [1.82, 2.24) is 14.9 Å². The second kappa shape index (κ2) is 18.5. The van der Waals surface area contributed by atoms with Crippen LogP contribution in [0.4, 0.5) is 20.6 Å². The van der Waals surface area contributed by atoms with E-state index in [1.54, 1.807) is 37.3 Å². The number of hydrogen-bond donors (Lipinski definition) is 2. The molecule has 3 amide bonds. The number of halogens is 2. The number of aromatic nitrogens is 2. The van der Waals surface area contributed by atoms with E-state index in [4.69, 9.17) is 30.5 Å². The molecule has 3 aromatic carbocycles. The number of benzene rings is 3. The Morgan fingerprint density at radius 2 is 1.69 bits per heavy atom. The number of urea groups is 1. The third-order valence-electron chi connectivity index (χ3n) is 8.44. The van der Waals surface area contributed by atoms with Gasteiger partial charge < -0.3 is 34.5 Å². The maximum absolute atomic E-state index is 14.0. The molecule has 2 N–H and O–H groups in total. The van der Waals surface area contributed by atoms with E-state index < -0.39 is 11.8 Å². The number of amides is 3. The fourth-order valence-electron chi connectivity index (χ4n) is 5.65. The zero-order valence-corrected chi connectivity index (χ0v) is 30.9. The largest absolute Gasteiger partial charge is 0.493 e. The summed E-state index contributed by atoms with van der Waals surface area (Å²) in [5, 5.41) is 5.87. The second-order valence-electron chi connectivity index (χ2n) is 11.8. The molecular formula is C38H47ClFN5O6. The highest BCUT2D eigenvalue weighted by molar-refractivity contribution is 6.34. The van der Waals surface area contributed by atoms with Crippen LogP contribution in [0, 0.1) is 18.2 Å². The van der Waals surface area contributed by atoms with Gasteiger partial charge in [-0.25, -0.2) is 19.2 Å². The summed E-state index contributed by atoms with van der Waals surface area (Å²) in [6, 6.07) is 11.9. The predicted octanol–water partition coefficient (Wildman–Crippen LogP) is 9.03. The lowest BCUT2D eigenvalue weighted by molar-refractivity contribution is -0.153. The van der Waals surface area contributed by atoms with Crippen molar-refractivity contribution in [2.45, 2.75) is 60.3 Å². The summed E-state index contributed by atoms with van der Waals surface area (Å²) in [5.74, 6) is 1.16. The van der Waals surface area contributed by atoms with Gasteiger partial charge >= 0.3 is 6.03 Å². The summed E-state index contributed by atoms with van der Waals surface area (Å²) >= 11 is 6.44. The van der Waals surface area contributed by atoms with Crippen LogP contribution in [-0.2, 0) is 9.53 Å².